The lowest BCUT2D eigenvalue weighted by Crippen LogP contribution is -2.72. The van der Waals surface area contributed by atoms with Gasteiger partial charge in [0, 0.05) is 12.7 Å². The number of nitrogens with two attached hydrogens (primary N) is 1. The summed E-state index contributed by atoms with van der Waals surface area (Å²) in [6.07, 6.45) is 0.875. The van der Waals surface area contributed by atoms with Crippen molar-refractivity contribution >= 4 is 5.69 Å². The van der Waals surface area contributed by atoms with Gasteiger partial charge in [0.15, 0.2) is 0 Å². The molecule has 0 bridgehead atoms. The number of hydrogen-bond donors (Lipinski definition) is 2. The smallest absolute Gasteiger partial charge is 0.129 e. The Kier molecular flexibility index (Phi) is 7.26. The summed E-state index contributed by atoms with van der Waals surface area (Å²) in [6.45, 7) is 4.35. The molecular weight excluding hydrogens is 162 g/mol. The van der Waals surface area contributed by atoms with E-state index < -0.39 is 0 Å². The second-order valence-corrected chi connectivity index (χ2v) is 2.93. The molecule has 1 rings (SSSR count). The largest absolute Gasteiger partial charge is 0.396 e. The predicted molar refractivity (Wildman–Crippen MR) is 56.1 cm³/mol. The van der Waals surface area contributed by atoms with E-state index in [2.05, 4.69) is 43.6 Å². The molecule has 0 amide bonds. The molecule has 0 aliphatic rings. The molecule has 0 aliphatic carbocycles. The molecule has 0 saturated heterocycles. The van der Waals surface area contributed by atoms with Gasteiger partial charge >= 0.3 is 0 Å². The molecule has 2 heteroatoms. The van der Waals surface area contributed by atoms with Crippen LogP contribution in [0.15, 0.2) is 24.3 Å². The van der Waals surface area contributed by atoms with E-state index in [1.165, 1.54) is 11.3 Å². The zero-order chi connectivity index (χ0) is 10.1. The monoisotopic (exact) mass is 182 g/mol. The van der Waals surface area contributed by atoms with Crippen LogP contribution in [0.4, 0.5) is 5.69 Å². The minimum Gasteiger partial charge on any atom is -0.396 e. The second-order valence-electron chi connectivity index (χ2n) is 2.93. The number of aliphatic hydroxyl groups is 1. The molecule has 0 fully saturated rings. The van der Waals surface area contributed by atoms with E-state index in [4.69, 9.17) is 5.11 Å². The predicted octanol–water partition coefficient (Wildman–Crippen LogP) is 1.21. The van der Waals surface area contributed by atoms with E-state index in [1.54, 1.807) is 0 Å². The first kappa shape index (κ1) is 12.1. The Bertz CT molecular complexity index is 221. The van der Waals surface area contributed by atoms with Crippen LogP contribution in [-0.2, 0) is 0 Å². The Morgan fingerprint density at radius 3 is 2.31 bits per heavy atom. The summed E-state index contributed by atoms with van der Waals surface area (Å²) in [5, 5.41) is 9.98. The molecule has 0 unspecified atom stereocenters. The zero-order valence-corrected chi connectivity index (χ0v) is 8.75. The van der Waals surface area contributed by atoms with Gasteiger partial charge < -0.3 is 10.4 Å². The molecular formula is C11H20NO+. The topological polar surface area (TPSA) is 36.8 Å². The maximum Gasteiger partial charge on any atom is 0.129 e. The van der Waals surface area contributed by atoms with Crippen molar-refractivity contribution in [3.63, 3.8) is 0 Å². The average Bonchev–Trinajstić information content (AvgIpc) is 2.18. The maximum atomic E-state index is 7.88. The fourth-order valence-electron chi connectivity index (χ4n) is 0.850. The van der Waals surface area contributed by atoms with Crippen LogP contribution in [0.2, 0.25) is 0 Å². The van der Waals surface area contributed by atoms with Gasteiger partial charge in [-0.25, -0.2) is 0 Å². The molecule has 1 aromatic rings. The lowest BCUT2D eigenvalue weighted by Gasteiger charge is -1.93. The maximum absolute atomic E-state index is 7.88. The van der Waals surface area contributed by atoms with E-state index in [0.717, 1.165) is 6.42 Å². The van der Waals surface area contributed by atoms with Crippen LogP contribution in [0.5, 0.6) is 0 Å². The summed E-state index contributed by atoms with van der Waals surface area (Å²) in [5.41, 5.74) is 2.63. The Hall–Kier alpha value is -0.860. The normalized spacial score (nSPS) is 8.92. The number of quaternary nitrogens is 1. The van der Waals surface area contributed by atoms with Crippen molar-refractivity contribution in [2.45, 2.75) is 20.3 Å². The molecule has 0 spiro atoms. The zero-order valence-electron chi connectivity index (χ0n) is 8.75. The van der Waals surface area contributed by atoms with Crippen molar-refractivity contribution in [1.29, 1.82) is 0 Å². The fraction of sp³-hybridized carbons (Fsp3) is 0.455. The third kappa shape index (κ3) is 6.31. The molecule has 0 aromatic heterocycles. The quantitative estimate of drug-likeness (QED) is 0.663. The molecule has 0 radical (unpaired) electrons. The van der Waals surface area contributed by atoms with Gasteiger partial charge in [0.05, 0.1) is 7.05 Å². The SMILES string of the molecule is CCCO.C[NH2+]c1cccc(C)c1. The van der Waals surface area contributed by atoms with E-state index in [1.807, 2.05) is 6.92 Å². The molecule has 1 aromatic carbocycles. The first-order chi connectivity index (χ1) is 6.24. The summed E-state index contributed by atoms with van der Waals surface area (Å²) in [5.74, 6) is 0. The third-order valence-corrected chi connectivity index (χ3v) is 1.60. The highest BCUT2D eigenvalue weighted by atomic mass is 16.2. The van der Waals surface area contributed by atoms with Crippen molar-refractivity contribution in [2.75, 3.05) is 13.7 Å². The molecule has 2 nitrogen and oxygen atoms in total. The van der Waals surface area contributed by atoms with Gasteiger partial charge in [-0.1, -0.05) is 19.1 Å². The van der Waals surface area contributed by atoms with Gasteiger partial charge in [-0.05, 0) is 25.0 Å². The molecule has 0 aliphatic heterocycles. The molecule has 0 atom stereocenters. The molecule has 3 N–H and O–H groups in total. The van der Waals surface area contributed by atoms with Gasteiger partial charge in [0.1, 0.15) is 5.69 Å². The van der Waals surface area contributed by atoms with Crippen LogP contribution in [0.3, 0.4) is 0 Å². The summed E-state index contributed by atoms with van der Waals surface area (Å²) in [6, 6.07) is 8.45. The van der Waals surface area contributed by atoms with Crippen molar-refractivity contribution in [3.8, 4) is 0 Å². The van der Waals surface area contributed by atoms with Gasteiger partial charge in [-0.15, -0.1) is 0 Å². The average molecular weight is 182 g/mol. The van der Waals surface area contributed by atoms with E-state index in [9.17, 15) is 0 Å². The molecule has 0 saturated carbocycles. The highest BCUT2D eigenvalue weighted by molar-refractivity contribution is 5.32. The van der Waals surface area contributed by atoms with Crippen LogP contribution >= 0.6 is 0 Å². The third-order valence-electron chi connectivity index (χ3n) is 1.60. The summed E-state index contributed by atoms with van der Waals surface area (Å²) in [7, 11) is 2.05. The Morgan fingerprint density at radius 1 is 1.38 bits per heavy atom. The van der Waals surface area contributed by atoms with Crippen molar-refractivity contribution < 1.29 is 10.4 Å². The van der Waals surface area contributed by atoms with Gasteiger partial charge in [-0.2, -0.15) is 0 Å². The van der Waals surface area contributed by atoms with E-state index in [0.29, 0.717) is 6.61 Å². The van der Waals surface area contributed by atoms with Crippen molar-refractivity contribution in [3.05, 3.63) is 29.8 Å². The minimum absolute atomic E-state index is 0.319. The first-order valence-corrected chi connectivity index (χ1v) is 4.71. The van der Waals surface area contributed by atoms with Crippen LogP contribution < -0.4 is 5.32 Å². The molecule has 0 heterocycles. The Morgan fingerprint density at radius 2 is 2.00 bits per heavy atom. The lowest BCUT2D eigenvalue weighted by molar-refractivity contribution is -0.539. The highest BCUT2D eigenvalue weighted by Gasteiger charge is 1.89. The molecule has 13 heavy (non-hydrogen) atoms. The van der Waals surface area contributed by atoms with Gasteiger partial charge in [0.25, 0.3) is 0 Å². The van der Waals surface area contributed by atoms with Crippen molar-refractivity contribution in [2.24, 2.45) is 0 Å². The van der Waals surface area contributed by atoms with Gasteiger partial charge in [0.2, 0.25) is 0 Å². The van der Waals surface area contributed by atoms with E-state index >= 15 is 0 Å². The van der Waals surface area contributed by atoms with Crippen LogP contribution in [-0.4, -0.2) is 18.8 Å². The standard InChI is InChI=1S/C8H11N.C3H8O/c1-7-4-3-5-8(6-7)9-2;1-2-3-4/h3-6,9H,1-2H3;4H,2-3H2,1H3/p+1. The summed E-state index contributed by atoms with van der Waals surface area (Å²) in [4.78, 5) is 0. The Labute approximate surface area is 80.6 Å². The number of benzene rings is 1. The lowest BCUT2D eigenvalue weighted by atomic mass is 10.2. The van der Waals surface area contributed by atoms with Crippen LogP contribution in [0.1, 0.15) is 18.9 Å². The minimum atomic E-state index is 0.319. The summed E-state index contributed by atoms with van der Waals surface area (Å²) >= 11 is 0. The second kappa shape index (κ2) is 7.77. The Balaban J connectivity index is 0.000000310. The molecule has 74 valence electrons. The van der Waals surface area contributed by atoms with E-state index in [-0.39, 0.29) is 0 Å². The first-order valence-electron chi connectivity index (χ1n) is 4.71. The summed E-state index contributed by atoms with van der Waals surface area (Å²) < 4.78 is 0. The number of aliphatic hydroxyl groups excluding tert-OH is 1. The van der Waals surface area contributed by atoms with Crippen LogP contribution in [0, 0.1) is 6.92 Å². The highest BCUT2D eigenvalue weighted by Crippen LogP contribution is 2.02. The fourth-order valence-corrected chi connectivity index (χ4v) is 0.850. The van der Waals surface area contributed by atoms with Gasteiger partial charge in [-0.3, -0.25) is 0 Å². The number of aryl methyl sites for hydroxylation is 1. The van der Waals surface area contributed by atoms with Crippen molar-refractivity contribution in [1.82, 2.24) is 0 Å². The number of rotatable bonds is 2. The number of hydrogen-bond acceptors (Lipinski definition) is 1. The van der Waals surface area contributed by atoms with Crippen LogP contribution in [0.25, 0.3) is 0 Å².